The van der Waals surface area contributed by atoms with E-state index in [-0.39, 0.29) is 16.8 Å². The summed E-state index contributed by atoms with van der Waals surface area (Å²) in [5.74, 6) is -1.32. The highest BCUT2D eigenvalue weighted by Crippen LogP contribution is 2.22. The first-order chi connectivity index (χ1) is 13.5. The number of hydrogen-bond donors (Lipinski definition) is 1. The molecule has 1 aliphatic heterocycles. The number of ether oxygens (including phenoxy) is 2. The van der Waals surface area contributed by atoms with Gasteiger partial charge in [0.05, 0.1) is 30.8 Å². The molecular formula is C19H19N3O6. The molecule has 9 heteroatoms. The predicted octanol–water partition coefficient (Wildman–Crippen LogP) is 2.47. The van der Waals surface area contributed by atoms with E-state index in [4.69, 9.17) is 4.74 Å². The van der Waals surface area contributed by atoms with Crippen LogP contribution in [-0.2, 0) is 9.47 Å². The van der Waals surface area contributed by atoms with Gasteiger partial charge in [0.15, 0.2) is 0 Å². The lowest BCUT2D eigenvalue weighted by Crippen LogP contribution is -2.36. The van der Waals surface area contributed by atoms with Crippen molar-refractivity contribution < 1.29 is 24.0 Å². The minimum absolute atomic E-state index is 0.00754. The topological polar surface area (TPSA) is 111 Å². The van der Waals surface area contributed by atoms with Crippen molar-refractivity contribution in [1.82, 2.24) is 0 Å². The van der Waals surface area contributed by atoms with Gasteiger partial charge in [-0.3, -0.25) is 14.9 Å². The van der Waals surface area contributed by atoms with Crippen LogP contribution < -0.4 is 10.2 Å². The number of benzene rings is 2. The first-order valence-corrected chi connectivity index (χ1v) is 8.60. The summed E-state index contributed by atoms with van der Waals surface area (Å²) < 4.78 is 9.92. The summed E-state index contributed by atoms with van der Waals surface area (Å²) in [4.78, 5) is 36.9. The molecule has 0 bridgehead atoms. The number of esters is 1. The summed E-state index contributed by atoms with van der Waals surface area (Å²) in [6.45, 7) is 2.95. The van der Waals surface area contributed by atoms with Crippen LogP contribution in [0.25, 0.3) is 0 Å². The number of non-ortho nitro benzene ring substituents is 1. The second kappa shape index (κ2) is 8.49. The van der Waals surface area contributed by atoms with Crippen molar-refractivity contribution in [3.8, 4) is 0 Å². The van der Waals surface area contributed by atoms with Crippen molar-refractivity contribution in [2.75, 3.05) is 43.6 Å². The van der Waals surface area contributed by atoms with Gasteiger partial charge in [0.2, 0.25) is 0 Å². The van der Waals surface area contributed by atoms with Gasteiger partial charge in [0.1, 0.15) is 0 Å². The van der Waals surface area contributed by atoms with E-state index in [9.17, 15) is 19.7 Å². The Hall–Kier alpha value is -3.46. The highest BCUT2D eigenvalue weighted by atomic mass is 16.6. The quantitative estimate of drug-likeness (QED) is 0.478. The average Bonchev–Trinajstić information content (AvgIpc) is 2.74. The first kappa shape index (κ1) is 19.3. The molecule has 28 heavy (non-hydrogen) atoms. The Kier molecular flexibility index (Phi) is 5.85. The Morgan fingerprint density at radius 3 is 2.36 bits per heavy atom. The number of nitrogens with one attached hydrogen (secondary N) is 1. The summed E-state index contributed by atoms with van der Waals surface area (Å²) in [6.07, 6.45) is 0. The molecular weight excluding hydrogens is 366 g/mol. The summed E-state index contributed by atoms with van der Waals surface area (Å²) in [5.41, 5.74) is 1.12. The summed E-state index contributed by atoms with van der Waals surface area (Å²) in [6, 6.07) is 10.7. The van der Waals surface area contributed by atoms with E-state index in [0.29, 0.717) is 18.9 Å². The van der Waals surface area contributed by atoms with Gasteiger partial charge in [-0.1, -0.05) is 0 Å². The highest BCUT2D eigenvalue weighted by molar-refractivity contribution is 6.06. The van der Waals surface area contributed by atoms with Crippen LogP contribution in [0.2, 0.25) is 0 Å². The van der Waals surface area contributed by atoms with E-state index in [1.807, 2.05) is 12.1 Å². The molecule has 0 aromatic heterocycles. The summed E-state index contributed by atoms with van der Waals surface area (Å²) in [7, 11) is 1.16. The number of nitro benzene ring substituents is 1. The summed E-state index contributed by atoms with van der Waals surface area (Å²) >= 11 is 0. The second-order valence-corrected chi connectivity index (χ2v) is 6.12. The lowest BCUT2D eigenvalue weighted by molar-refractivity contribution is -0.384. The number of anilines is 2. The Morgan fingerprint density at radius 2 is 1.75 bits per heavy atom. The SMILES string of the molecule is COC(=O)c1cc(C(=O)Nc2ccc(N3CCOCC3)cc2)cc([N+](=O)[O-])c1. The van der Waals surface area contributed by atoms with Crippen LogP contribution in [0, 0.1) is 10.1 Å². The number of hydrogen-bond acceptors (Lipinski definition) is 7. The van der Waals surface area contributed by atoms with Crippen molar-refractivity contribution in [2.24, 2.45) is 0 Å². The van der Waals surface area contributed by atoms with Gasteiger partial charge in [-0.25, -0.2) is 4.79 Å². The molecule has 1 N–H and O–H groups in total. The van der Waals surface area contributed by atoms with Crippen molar-refractivity contribution >= 4 is 28.9 Å². The van der Waals surface area contributed by atoms with Gasteiger partial charge in [-0.05, 0) is 30.3 Å². The Labute approximate surface area is 161 Å². The first-order valence-electron chi connectivity index (χ1n) is 8.60. The van der Waals surface area contributed by atoms with E-state index in [0.717, 1.165) is 38.0 Å². The van der Waals surface area contributed by atoms with E-state index in [1.165, 1.54) is 6.07 Å². The van der Waals surface area contributed by atoms with Gasteiger partial charge in [-0.15, -0.1) is 0 Å². The smallest absolute Gasteiger partial charge is 0.338 e. The standard InChI is InChI=1S/C19H19N3O6/c1-27-19(24)14-10-13(11-17(12-14)22(25)26)18(23)20-15-2-4-16(5-3-15)21-6-8-28-9-7-21/h2-5,10-12H,6-9H2,1H3,(H,20,23). The average molecular weight is 385 g/mol. The Balaban J connectivity index is 1.77. The molecule has 1 fully saturated rings. The van der Waals surface area contributed by atoms with E-state index in [2.05, 4.69) is 15.0 Å². The molecule has 0 atom stereocenters. The van der Waals surface area contributed by atoms with Gasteiger partial charge in [-0.2, -0.15) is 0 Å². The van der Waals surface area contributed by atoms with Gasteiger partial charge in [0, 0.05) is 42.2 Å². The number of nitrogens with zero attached hydrogens (tertiary/aromatic N) is 2. The van der Waals surface area contributed by atoms with Crippen LogP contribution in [0.15, 0.2) is 42.5 Å². The Morgan fingerprint density at radius 1 is 1.11 bits per heavy atom. The summed E-state index contributed by atoms with van der Waals surface area (Å²) in [5, 5.41) is 13.8. The van der Waals surface area contributed by atoms with Crippen LogP contribution in [0.5, 0.6) is 0 Å². The van der Waals surface area contributed by atoms with Crippen molar-refractivity contribution in [3.05, 3.63) is 63.7 Å². The van der Waals surface area contributed by atoms with E-state index >= 15 is 0 Å². The van der Waals surface area contributed by atoms with Crippen LogP contribution in [0.3, 0.4) is 0 Å². The third-order valence-corrected chi connectivity index (χ3v) is 4.31. The van der Waals surface area contributed by atoms with Gasteiger partial charge >= 0.3 is 5.97 Å². The normalized spacial score (nSPS) is 13.7. The molecule has 2 aromatic carbocycles. The monoisotopic (exact) mass is 385 g/mol. The molecule has 9 nitrogen and oxygen atoms in total. The fourth-order valence-electron chi connectivity index (χ4n) is 2.86. The zero-order valence-corrected chi connectivity index (χ0v) is 15.2. The van der Waals surface area contributed by atoms with E-state index in [1.54, 1.807) is 12.1 Å². The minimum atomic E-state index is -0.757. The zero-order chi connectivity index (χ0) is 20.1. The molecule has 0 spiro atoms. The largest absolute Gasteiger partial charge is 0.465 e. The number of morpholine rings is 1. The maximum Gasteiger partial charge on any atom is 0.338 e. The molecule has 1 heterocycles. The van der Waals surface area contributed by atoms with Crippen LogP contribution in [0.4, 0.5) is 17.1 Å². The third kappa shape index (κ3) is 4.44. The number of methoxy groups -OCH3 is 1. The second-order valence-electron chi connectivity index (χ2n) is 6.12. The van der Waals surface area contributed by atoms with E-state index < -0.39 is 16.8 Å². The van der Waals surface area contributed by atoms with Gasteiger partial charge < -0.3 is 19.7 Å². The Bertz CT molecular complexity index is 891. The lowest BCUT2D eigenvalue weighted by Gasteiger charge is -2.28. The zero-order valence-electron chi connectivity index (χ0n) is 15.2. The number of carbonyl (C=O) groups excluding carboxylic acids is 2. The van der Waals surface area contributed by atoms with Crippen LogP contribution in [-0.4, -0.2) is 50.2 Å². The third-order valence-electron chi connectivity index (χ3n) is 4.31. The molecule has 0 saturated carbocycles. The lowest BCUT2D eigenvalue weighted by atomic mass is 10.1. The fourth-order valence-corrected chi connectivity index (χ4v) is 2.86. The molecule has 0 radical (unpaired) electrons. The molecule has 1 saturated heterocycles. The van der Waals surface area contributed by atoms with Crippen molar-refractivity contribution in [3.63, 3.8) is 0 Å². The molecule has 0 unspecified atom stereocenters. The highest BCUT2D eigenvalue weighted by Gasteiger charge is 2.19. The van der Waals surface area contributed by atoms with Crippen LogP contribution >= 0.6 is 0 Å². The number of amides is 1. The maximum absolute atomic E-state index is 12.5. The number of carbonyl (C=O) groups is 2. The molecule has 146 valence electrons. The maximum atomic E-state index is 12.5. The molecule has 3 rings (SSSR count). The van der Waals surface area contributed by atoms with Gasteiger partial charge in [0.25, 0.3) is 11.6 Å². The minimum Gasteiger partial charge on any atom is -0.465 e. The molecule has 1 amide bonds. The van der Waals surface area contributed by atoms with Crippen molar-refractivity contribution in [1.29, 1.82) is 0 Å². The number of nitro groups is 1. The number of rotatable bonds is 5. The molecule has 1 aliphatic rings. The molecule has 0 aliphatic carbocycles. The van der Waals surface area contributed by atoms with Crippen LogP contribution in [0.1, 0.15) is 20.7 Å². The van der Waals surface area contributed by atoms with Crippen molar-refractivity contribution in [2.45, 2.75) is 0 Å². The predicted molar refractivity (Wildman–Crippen MR) is 102 cm³/mol. The molecule has 2 aromatic rings. The fraction of sp³-hybridized carbons (Fsp3) is 0.263.